The molecule has 3 heteroatoms. The minimum absolute atomic E-state index is 0.683. The molecule has 0 aliphatic heterocycles. The molecule has 0 atom stereocenters. The number of aromatic nitrogens is 1. The Morgan fingerprint density at radius 1 is 1.31 bits per heavy atom. The van der Waals surface area contributed by atoms with E-state index < -0.39 is 0 Å². The number of benzene rings is 1. The van der Waals surface area contributed by atoms with Crippen molar-refractivity contribution in [1.29, 1.82) is 0 Å². The molecule has 0 aliphatic rings. The van der Waals surface area contributed by atoms with Gasteiger partial charge in [0.15, 0.2) is 0 Å². The van der Waals surface area contributed by atoms with Crippen molar-refractivity contribution in [3.05, 3.63) is 48.3 Å². The number of aliphatic imine (C=N–C) groups is 2. The van der Waals surface area contributed by atoms with Crippen LogP contribution in [-0.2, 0) is 6.54 Å². The molecule has 1 heterocycles. The Balaban J connectivity index is 2.06. The number of rotatable bonds is 4. The van der Waals surface area contributed by atoms with Crippen LogP contribution >= 0.6 is 0 Å². The Bertz CT molecular complexity index is 535. The first-order valence-electron chi connectivity index (χ1n) is 5.07. The topological polar surface area (TPSA) is 40.5 Å². The van der Waals surface area contributed by atoms with Gasteiger partial charge in [-0.05, 0) is 41.9 Å². The summed E-state index contributed by atoms with van der Waals surface area (Å²) in [6.45, 7) is 4.03. The third-order valence-electron chi connectivity index (χ3n) is 2.27. The van der Waals surface area contributed by atoms with E-state index >= 15 is 0 Å². The van der Waals surface area contributed by atoms with Crippen molar-refractivity contribution in [2.45, 2.75) is 6.54 Å². The summed E-state index contributed by atoms with van der Waals surface area (Å²) in [6, 6.07) is 8.34. The predicted octanol–water partition coefficient (Wildman–Crippen LogP) is 2.95. The van der Waals surface area contributed by atoms with E-state index in [0.717, 1.165) is 5.52 Å². The molecular weight excluding hydrogens is 198 g/mol. The molecular formula is C13H13N3. The van der Waals surface area contributed by atoms with Gasteiger partial charge in [-0.2, -0.15) is 0 Å². The van der Waals surface area contributed by atoms with Gasteiger partial charge < -0.3 is 4.98 Å². The molecule has 0 bridgehead atoms. The van der Waals surface area contributed by atoms with E-state index in [1.807, 2.05) is 6.20 Å². The average Bonchev–Trinajstić information content (AvgIpc) is 2.76. The highest BCUT2D eigenvalue weighted by Gasteiger charge is 1.95. The van der Waals surface area contributed by atoms with Gasteiger partial charge in [0.1, 0.15) is 0 Å². The fourth-order valence-electron chi connectivity index (χ4n) is 1.52. The largest absolute Gasteiger partial charge is 0.361 e. The van der Waals surface area contributed by atoms with Crippen molar-refractivity contribution < 1.29 is 0 Å². The van der Waals surface area contributed by atoms with Crippen molar-refractivity contribution in [2.75, 3.05) is 0 Å². The normalized spacial score (nSPS) is 11.8. The minimum Gasteiger partial charge on any atom is -0.361 e. The number of fused-ring (bicyclic) bond motifs is 1. The number of hydrogen-bond donors (Lipinski definition) is 1. The van der Waals surface area contributed by atoms with Crippen LogP contribution in [0.15, 0.2) is 52.7 Å². The van der Waals surface area contributed by atoms with E-state index in [9.17, 15) is 0 Å². The van der Waals surface area contributed by atoms with Gasteiger partial charge in [0.05, 0.1) is 6.54 Å². The molecule has 0 radical (unpaired) electrons. The van der Waals surface area contributed by atoms with E-state index in [4.69, 9.17) is 0 Å². The lowest BCUT2D eigenvalue weighted by molar-refractivity contribution is 1.08. The van der Waals surface area contributed by atoms with Crippen LogP contribution in [0, 0.1) is 0 Å². The summed E-state index contributed by atoms with van der Waals surface area (Å²) < 4.78 is 0. The van der Waals surface area contributed by atoms with E-state index in [2.05, 4.69) is 46.0 Å². The van der Waals surface area contributed by atoms with Crippen LogP contribution in [0.3, 0.4) is 0 Å². The zero-order chi connectivity index (χ0) is 11.2. The van der Waals surface area contributed by atoms with Crippen molar-refractivity contribution in [2.24, 2.45) is 9.98 Å². The molecule has 0 aliphatic carbocycles. The van der Waals surface area contributed by atoms with Crippen LogP contribution in [0.2, 0.25) is 0 Å². The summed E-state index contributed by atoms with van der Waals surface area (Å²) in [5.74, 6) is 0. The lowest BCUT2D eigenvalue weighted by Gasteiger charge is -1.96. The molecule has 0 amide bonds. The van der Waals surface area contributed by atoms with E-state index in [0.29, 0.717) is 6.54 Å². The molecule has 0 saturated heterocycles. The number of nitrogens with zero attached hydrogens (tertiary/aromatic N) is 2. The second-order valence-electron chi connectivity index (χ2n) is 3.41. The van der Waals surface area contributed by atoms with Crippen LogP contribution in [-0.4, -0.2) is 17.9 Å². The highest BCUT2D eigenvalue weighted by Crippen LogP contribution is 2.14. The number of H-pyrrole nitrogens is 1. The summed E-state index contributed by atoms with van der Waals surface area (Å²) in [5.41, 5.74) is 2.35. The van der Waals surface area contributed by atoms with Gasteiger partial charge in [-0.25, -0.2) is 0 Å². The molecule has 0 spiro atoms. The Morgan fingerprint density at radius 3 is 3.12 bits per heavy atom. The Kier molecular flexibility index (Phi) is 3.28. The quantitative estimate of drug-likeness (QED) is 0.755. The zero-order valence-electron chi connectivity index (χ0n) is 8.93. The monoisotopic (exact) mass is 211 g/mol. The average molecular weight is 211 g/mol. The van der Waals surface area contributed by atoms with Crippen molar-refractivity contribution >= 4 is 23.8 Å². The third kappa shape index (κ3) is 2.45. The molecule has 2 rings (SSSR count). The minimum atomic E-state index is 0.683. The second-order valence-corrected chi connectivity index (χ2v) is 3.41. The summed E-state index contributed by atoms with van der Waals surface area (Å²) >= 11 is 0. The van der Waals surface area contributed by atoms with Gasteiger partial charge >= 0.3 is 0 Å². The smallest absolute Gasteiger partial charge is 0.0639 e. The predicted molar refractivity (Wildman–Crippen MR) is 69.2 cm³/mol. The molecule has 3 nitrogen and oxygen atoms in total. The first kappa shape index (κ1) is 10.4. The van der Waals surface area contributed by atoms with Crippen molar-refractivity contribution in [3.8, 4) is 0 Å². The Labute approximate surface area is 94.2 Å². The maximum Gasteiger partial charge on any atom is 0.0639 e. The number of allylic oxidation sites excluding steroid dienone is 1. The molecule has 16 heavy (non-hydrogen) atoms. The standard InChI is InChI=1S/C13H13N3/c1-14-6-2-7-15-10-11-3-4-13-12(9-11)5-8-16-13/h2-9,16H,1,10H2/b6-2-,15-7-. The molecule has 0 fully saturated rings. The van der Waals surface area contributed by atoms with E-state index in [-0.39, 0.29) is 0 Å². The number of nitrogens with one attached hydrogen (secondary N) is 1. The number of hydrogen-bond acceptors (Lipinski definition) is 2. The van der Waals surface area contributed by atoms with Gasteiger partial charge in [0.25, 0.3) is 0 Å². The van der Waals surface area contributed by atoms with Crippen LogP contribution in [0.5, 0.6) is 0 Å². The number of aromatic amines is 1. The third-order valence-corrected chi connectivity index (χ3v) is 2.27. The zero-order valence-corrected chi connectivity index (χ0v) is 8.93. The van der Waals surface area contributed by atoms with Crippen LogP contribution in [0.25, 0.3) is 10.9 Å². The van der Waals surface area contributed by atoms with Gasteiger partial charge in [0.2, 0.25) is 0 Å². The fourth-order valence-corrected chi connectivity index (χ4v) is 1.52. The molecule has 2 aromatic rings. The lowest BCUT2D eigenvalue weighted by atomic mass is 10.1. The van der Waals surface area contributed by atoms with Crippen molar-refractivity contribution in [3.63, 3.8) is 0 Å². The molecule has 1 aromatic heterocycles. The first-order chi connectivity index (χ1) is 7.90. The second kappa shape index (κ2) is 5.07. The summed E-state index contributed by atoms with van der Waals surface area (Å²) in [4.78, 5) is 11.0. The highest BCUT2D eigenvalue weighted by atomic mass is 14.7. The summed E-state index contributed by atoms with van der Waals surface area (Å²) in [7, 11) is 0. The van der Waals surface area contributed by atoms with Crippen LogP contribution in [0.4, 0.5) is 0 Å². The van der Waals surface area contributed by atoms with Gasteiger partial charge in [0, 0.05) is 24.1 Å². The maximum absolute atomic E-state index is 4.26. The van der Waals surface area contributed by atoms with Gasteiger partial charge in [-0.1, -0.05) is 6.07 Å². The summed E-state index contributed by atoms with van der Waals surface area (Å²) in [6.07, 6.45) is 7.05. The van der Waals surface area contributed by atoms with Crippen LogP contribution < -0.4 is 0 Å². The van der Waals surface area contributed by atoms with E-state index in [1.165, 1.54) is 10.9 Å². The summed E-state index contributed by atoms with van der Waals surface area (Å²) in [5, 5.41) is 1.22. The van der Waals surface area contributed by atoms with Crippen molar-refractivity contribution in [1.82, 2.24) is 4.98 Å². The molecule has 1 N–H and O–H groups in total. The molecule has 0 unspecified atom stereocenters. The first-order valence-corrected chi connectivity index (χ1v) is 5.07. The maximum atomic E-state index is 4.26. The van der Waals surface area contributed by atoms with Crippen LogP contribution in [0.1, 0.15) is 5.56 Å². The lowest BCUT2D eigenvalue weighted by Crippen LogP contribution is -1.81. The Hall–Kier alpha value is -2.16. The SMILES string of the molecule is C=N/C=C\C=N/Cc1ccc2[nH]ccc2c1. The molecule has 1 aromatic carbocycles. The Morgan fingerprint density at radius 2 is 2.25 bits per heavy atom. The molecule has 80 valence electrons. The van der Waals surface area contributed by atoms with Gasteiger partial charge in [-0.15, -0.1) is 0 Å². The molecule has 0 saturated carbocycles. The highest BCUT2D eigenvalue weighted by molar-refractivity contribution is 5.80. The van der Waals surface area contributed by atoms with Gasteiger partial charge in [-0.3, -0.25) is 9.98 Å². The van der Waals surface area contributed by atoms with E-state index in [1.54, 1.807) is 18.5 Å². The fraction of sp³-hybridized carbons (Fsp3) is 0.0769.